The van der Waals surface area contributed by atoms with Crippen molar-refractivity contribution in [3.8, 4) is 6.07 Å². The van der Waals surface area contributed by atoms with Crippen LogP contribution in [0, 0.1) is 11.3 Å². The summed E-state index contributed by atoms with van der Waals surface area (Å²) in [5, 5.41) is 17.5. The van der Waals surface area contributed by atoms with Gasteiger partial charge < -0.3 is 10.8 Å². The Hall–Kier alpha value is -2.07. The number of rotatable bonds is 2. The van der Waals surface area contributed by atoms with Crippen LogP contribution in [0.3, 0.4) is 0 Å². The largest absolute Gasteiger partial charge is 0.478 e. The van der Waals surface area contributed by atoms with Crippen molar-refractivity contribution < 1.29 is 23.1 Å². The molecule has 0 aliphatic carbocycles. The molecule has 0 bridgehead atoms. The average molecular weight is 244 g/mol. The second-order valence-corrected chi connectivity index (χ2v) is 3.18. The Labute approximate surface area is 94.1 Å². The fraction of sp³-hybridized carbons (Fsp3) is 0.200. The zero-order valence-electron chi connectivity index (χ0n) is 8.38. The van der Waals surface area contributed by atoms with Crippen LogP contribution in [0.15, 0.2) is 12.1 Å². The predicted molar refractivity (Wildman–Crippen MR) is 51.0 cm³/mol. The fourth-order valence-corrected chi connectivity index (χ4v) is 1.37. The summed E-state index contributed by atoms with van der Waals surface area (Å²) in [6.07, 6.45) is -4.65. The van der Waals surface area contributed by atoms with E-state index in [4.69, 9.17) is 16.1 Å². The van der Waals surface area contributed by atoms with Gasteiger partial charge in [-0.15, -0.1) is 0 Å². The third-order valence-corrected chi connectivity index (χ3v) is 2.10. The first-order chi connectivity index (χ1) is 7.81. The van der Waals surface area contributed by atoms with E-state index in [0.29, 0.717) is 12.1 Å². The van der Waals surface area contributed by atoms with Crippen LogP contribution >= 0.6 is 0 Å². The Bertz CT molecular complexity index is 503. The fourth-order valence-electron chi connectivity index (χ4n) is 1.37. The highest BCUT2D eigenvalue weighted by atomic mass is 19.4. The number of nitrogens with two attached hydrogens (primary N) is 1. The summed E-state index contributed by atoms with van der Waals surface area (Å²) in [6.45, 7) is -0.389. The van der Waals surface area contributed by atoms with Crippen molar-refractivity contribution in [1.82, 2.24) is 0 Å². The molecule has 0 spiro atoms. The van der Waals surface area contributed by atoms with Gasteiger partial charge in [0.25, 0.3) is 0 Å². The Morgan fingerprint density at radius 1 is 1.47 bits per heavy atom. The number of alkyl halides is 3. The lowest BCUT2D eigenvalue weighted by atomic mass is 9.98. The van der Waals surface area contributed by atoms with Gasteiger partial charge in [-0.3, -0.25) is 0 Å². The first-order valence-electron chi connectivity index (χ1n) is 4.38. The van der Waals surface area contributed by atoms with E-state index < -0.39 is 28.8 Å². The number of carboxylic acid groups (broad SMARTS) is 1. The van der Waals surface area contributed by atoms with Crippen LogP contribution in [-0.2, 0) is 12.7 Å². The van der Waals surface area contributed by atoms with E-state index in [1.165, 1.54) is 6.07 Å². The highest BCUT2D eigenvalue weighted by Gasteiger charge is 2.32. The molecule has 0 unspecified atom stereocenters. The molecule has 0 atom stereocenters. The third-order valence-electron chi connectivity index (χ3n) is 2.10. The van der Waals surface area contributed by atoms with Crippen LogP contribution in [0.5, 0.6) is 0 Å². The molecule has 1 aromatic rings. The normalized spacial score (nSPS) is 11.0. The number of nitrogens with zero attached hydrogens (tertiary/aromatic N) is 1. The second-order valence-electron chi connectivity index (χ2n) is 3.18. The zero-order valence-corrected chi connectivity index (χ0v) is 8.38. The monoisotopic (exact) mass is 244 g/mol. The van der Waals surface area contributed by atoms with E-state index >= 15 is 0 Å². The molecule has 1 aromatic carbocycles. The van der Waals surface area contributed by atoms with Crippen LogP contribution in [0.25, 0.3) is 0 Å². The summed E-state index contributed by atoms with van der Waals surface area (Å²) < 4.78 is 37.4. The van der Waals surface area contributed by atoms with Crippen molar-refractivity contribution >= 4 is 5.97 Å². The van der Waals surface area contributed by atoms with Crippen molar-refractivity contribution in [2.45, 2.75) is 12.7 Å². The quantitative estimate of drug-likeness (QED) is 0.829. The molecule has 0 saturated heterocycles. The van der Waals surface area contributed by atoms with Crippen molar-refractivity contribution in [1.29, 1.82) is 5.26 Å². The molecule has 0 aromatic heterocycles. The molecule has 17 heavy (non-hydrogen) atoms. The lowest BCUT2D eigenvalue weighted by molar-refractivity contribution is -0.137. The minimum absolute atomic E-state index is 0.219. The van der Waals surface area contributed by atoms with Gasteiger partial charge in [0.15, 0.2) is 0 Å². The van der Waals surface area contributed by atoms with Crippen molar-refractivity contribution in [3.63, 3.8) is 0 Å². The van der Waals surface area contributed by atoms with Gasteiger partial charge in [0.05, 0.1) is 16.7 Å². The lowest BCUT2D eigenvalue weighted by Gasteiger charge is -2.11. The van der Waals surface area contributed by atoms with Gasteiger partial charge in [-0.05, 0) is 17.7 Å². The van der Waals surface area contributed by atoms with Crippen molar-refractivity contribution in [2.75, 3.05) is 0 Å². The molecule has 1 rings (SSSR count). The topological polar surface area (TPSA) is 87.1 Å². The maximum Gasteiger partial charge on any atom is 0.416 e. The maximum absolute atomic E-state index is 12.5. The lowest BCUT2D eigenvalue weighted by Crippen LogP contribution is -2.14. The minimum Gasteiger partial charge on any atom is -0.478 e. The average Bonchev–Trinajstić information content (AvgIpc) is 2.25. The standard InChI is InChI=1S/C10H7F3N2O2/c11-10(12,13)7-1-5(3-14)8(9(16)17)6(2-7)4-15/h1-2H,3,14H2,(H,16,17). The van der Waals surface area contributed by atoms with Crippen molar-refractivity contribution in [3.05, 3.63) is 34.4 Å². The summed E-state index contributed by atoms with van der Waals surface area (Å²) in [6, 6.07) is 2.57. The number of halogens is 3. The summed E-state index contributed by atoms with van der Waals surface area (Å²) in [7, 11) is 0. The molecule has 0 saturated carbocycles. The van der Waals surface area contributed by atoms with Gasteiger partial charge in [0.1, 0.15) is 6.07 Å². The van der Waals surface area contributed by atoms with Crippen LogP contribution in [0.2, 0.25) is 0 Å². The third kappa shape index (κ3) is 2.54. The SMILES string of the molecule is N#Cc1cc(C(F)(F)F)cc(CN)c1C(=O)O. The second kappa shape index (κ2) is 4.43. The van der Waals surface area contributed by atoms with Gasteiger partial charge >= 0.3 is 12.1 Å². The molecule has 4 nitrogen and oxygen atoms in total. The Morgan fingerprint density at radius 2 is 2.06 bits per heavy atom. The number of hydrogen-bond acceptors (Lipinski definition) is 3. The smallest absolute Gasteiger partial charge is 0.416 e. The van der Waals surface area contributed by atoms with Crippen LogP contribution in [0.4, 0.5) is 13.2 Å². The number of aromatic carboxylic acids is 1. The van der Waals surface area contributed by atoms with E-state index in [-0.39, 0.29) is 12.1 Å². The maximum atomic E-state index is 12.5. The molecule has 0 aliphatic rings. The molecule has 0 amide bonds. The van der Waals surface area contributed by atoms with Gasteiger partial charge in [-0.25, -0.2) is 4.79 Å². The Kier molecular flexibility index (Phi) is 3.39. The van der Waals surface area contributed by atoms with E-state index in [9.17, 15) is 18.0 Å². The molecule has 0 heterocycles. The highest BCUT2D eigenvalue weighted by Crippen LogP contribution is 2.32. The zero-order chi connectivity index (χ0) is 13.2. The van der Waals surface area contributed by atoms with E-state index in [1.807, 2.05) is 0 Å². The highest BCUT2D eigenvalue weighted by molar-refractivity contribution is 5.92. The molecule has 3 N–H and O–H groups in total. The van der Waals surface area contributed by atoms with Crippen LogP contribution in [-0.4, -0.2) is 11.1 Å². The molecule has 7 heteroatoms. The number of carboxylic acids is 1. The molecular formula is C10H7F3N2O2. The number of carbonyl (C=O) groups is 1. The minimum atomic E-state index is -4.65. The van der Waals surface area contributed by atoms with Gasteiger partial charge in [-0.2, -0.15) is 18.4 Å². The molecule has 0 aliphatic heterocycles. The number of nitriles is 1. The predicted octanol–water partition coefficient (Wildman–Crippen LogP) is 1.73. The Morgan fingerprint density at radius 3 is 2.41 bits per heavy atom. The van der Waals surface area contributed by atoms with Gasteiger partial charge in [0.2, 0.25) is 0 Å². The first kappa shape index (κ1) is 13.0. The van der Waals surface area contributed by atoms with E-state index in [2.05, 4.69) is 0 Å². The summed E-state index contributed by atoms with van der Waals surface area (Å²) in [5.41, 5.74) is 2.85. The van der Waals surface area contributed by atoms with E-state index in [1.54, 1.807) is 0 Å². The number of hydrogen-bond donors (Lipinski definition) is 2. The molecule has 90 valence electrons. The van der Waals surface area contributed by atoms with Gasteiger partial charge in [-0.1, -0.05) is 0 Å². The summed E-state index contributed by atoms with van der Waals surface area (Å²) in [5.74, 6) is -1.48. The molecular weight excluding hydrogens is 237 g/mol. The van der Waals surface area contributed by atoms with Crippen LogP contribution in [0.1, 0.15) is 27.0 Å². The summed E-state index contributed by atoms with van der Waals surface area (Å²) >= 11 is 0. The van der Waals surface area contributed by atoms with Crippen LogP contribution < -0.4 is 5.73 Å². The summed E-state index contributed by atoms with van der Waals surface area (Å²) in [4.78, 5) is 10.8. The van der Waals surface area contributed by atoms with Gasteiger partial charge in [0, 0.05) is 6.54 Å². The first-order valence-corrected chi connectivity index (χ1v) is 4.38. The molecule has 0 fully saturated rings. The van der Waals surface area contributed by atoms with E-state index in [0.717, 1.165) is 0 Å². The number of benzene rings is 1. The Balaban J connectivity index is 3.58. The van der Waals surface area contributed by atoms with Crippen molar-refractivity contribution in [2.24, 2.45) is 5.73 Å². The molecule has 0 radical (unpaired) electrons.